The molecule has 0 spiro atoms. The number of para-hydroxylation sites is 1. The Morgan fingerprint density at radius 2 is 1.71 bits per heavy atom. The fourth-order valence-corrected chi connectivity index (χ4v) is 3.48. The second-order valence-electron chi connectivity index (χ2n) is 6.47. The molecule has 0 unspecified atom stereocenters. The van der Waals surface area contributed by atoms with Crippen LogP contribution in [0, 0.1) is 5.82 Å². The molecular formula is C21H23FN2O4. The first-order valence-corrected chi connectivity index (χ1v) is 9.17. The summed E-state index contributed by atoms with van der Waals surface area (Å²) in [6.45, 7) is 1.45. The molecule has 0 bridgehead atoms. The van der Waals surface area contributed by atoms with Crippen LogP contribution >= 0.6 is 0 Å². The SMILES string of the molecule is COC(=O)C1=C(C(=O)OC)N(c2cccc(F)c2N2CCCCC2)C=CC=C1. The van der Waals surface area contributed by atoms with Gasteiger partial charge in [0, 0.05) is 19.3 Å². The fraction of sp³-hybridized carbons (Fsp3) is 0.333. The average molecular weight is 386 g/mol. The Hall–Kier alpha value is -3.09. The molecule has 0 amide bonds. The fourth-order valence-electron chi connectivity index (χ4n) is 3.48. The number of carbonyl (C=O) groups excluding carboxylic acids is 2. The molecule has 0 radical (unpaired) electrons. The Kier molecular flexibility index (Phi) is 6.13. The normalized spacial score (nSPS) is 16.8. The van der Waals surface area contributed by atoms with Gasteiger partial charge in [-0.05, 0) is 43.5 Å². The van der Waals surface area contributed by atoms with Crippen molar-refractivity contribution in [2.24, 2.45) is 0 Å². The summed E-state index contributed by atoms with van der Waals surface area (Å²) in [7, 11) is 2.47. The Morgan fingerprint density at radius 3 is 2.39 bits per heavy atom. The largest absolute Gasteiger partial charge is 0.465 e. The molecule has 1 saturated heterocycles. The number of anilines is 2. The molecule has 2 aliphatic rings. The number of allylic oxidation sites excluding steroid dienone is 2. The lowest BCUT2D eigenvalue weighted by Gasteiger charge is -2.34. The van der Waals surface area contributed by atoms with Crippen molar-refractivity contribution in [3.8, 4) is 0 Å². The molecular weight excluding hydrogens is 363 g/mol. The van der Waals surface area contributed by atoms with Crippen LogP contribution in [0.1, 0.15) is 19.3 Å². The number of rotatable bonds is 4. The molecule has 2 aliphatic heterocycles. The number of hydrogen-bond acceptors (Lipinski definition) is 6. The van der Waals surface area contributed by atoms with Crippen LogP contribution in [0.15, 0.2) is 53.9 Å². The maximum absolute atomic E-state index is 14.9. The third-order valence-electron chi connectivity index (χ3n) is 4.79. The standard InChI is InChI=1S/C21H23FN2O4/c1-27-20(25)15-9-4-7-14-24(18(15)21(26)28-2)17-11-8-10-16(22)19(17)23-12-5-3-6-13-23/h4,7-11,14H,3,5-6,12-13H2,1-2H3. The molecule has 1 aromatic rings. The van der Waals surface area contributed by atoms with Gasteiger partial charge < -0.3 is 19.3 Å². The molecule has 6 nitrogen and oxygen atoms in total. The third-order valence-corrected chi connectivity index (χ3v) is 4.79. The summed E-state index contributed by atoms with van der Waals surface area (Å²) in [6.07, 6.45) is 9.43. The number of ether oxygens (including phenoxy) is 2. The molecule has 2 heterocycles. The summed E-state index contributed by atoms with van der Waals surface area (Å²) in [5.41, 5.74) is 0.874. The van der Waals surface area contributed by atoms with Crippen molar-refractivity contribution in [3.63, 3.8) is 0 Å². The van der Waals surface area contributed by atoms with Gasteiger partial charge in [-0.25, -0.2) is 14.0 Å². The summed E-state index contributed by atoms with van der Waals surface area (Å²) in [6, 6.07) is 4.70. The molecule has 7 heteroatoms. The lowest BCUT2D eigenvalue weighted by atomic mass is 10.1. The van der Waals surface area contributed by atoms with E-state index in [-0.39, 0.29) is 17.1 Å². The number of hydrogen-bond donors (Lipinski definition) is 0. The Balaban J connectivity index is 2.19. The quantitative estimate of drug-likeness (QED) is 0.740. The zero-order valence-electron chi connectivity index (χ0n) is 16.0. The summed E-state index contributed by atoms with van der Waals surface area (Å²) < 4.78 is 24.6. The molecule has 1 aromatic carbocycles. The van der Waals surface area contributed by atoms with Crippen LogP contribution < -0.4 is 9.80 Å². The Bertz CT molecular complexity index is 854. The first kappa shape index (κ1) is 19.7. The van der Waals surface area contributed by atoms with Crippen LogP contribution in [0.5, 0.6) is 0 Å². The van der Waals surface area contributed by atoms with E-state index in [0.717, 1.165) is 32.4 Å². The number of carbonyl (C=O) groups is 2. The first-order chi connectivity index (χ1) is 13.6. The van der Waals surface area contributed by atoms with Gasteiger partial charge in [0.2, 0.25) is 0 Å². The van der Waals surface area contributed by atoms with Gasteiger partial charge in [0.15, 0.2) is 0 Å². The molecule has 28 heavy (non-hydrogen) atoms. The number of esters is 2. The van der Waals surface area contributed by atoms with Crippen LogP contribution in [0.4, 0.5) is 15.8 Å². The first-order valence-electron chi connectivity index (χ1n) is 9.17. The van der Waals surface area contributed by atoms with Gasteiger partial charge in [0.25, 0.3) is 0 Å². The highest BCUT2D eigenvalue weighted by atomic mass is 19.1. The second kappa shape index (κ2) is 8.73. The van der Waals surface area contributed by atoms with Crippen molar-refractivity contribution in [1.29, 1.82) is 0 Å². The molecule has 0 aromatic heterocycles. The van der Waals surface area contributed by atoms with Gasteiger partial charge in [-0.1, -0.05) is 12.1 Å². The topological polar surface area (TPSA) is 59.1 Å². The Morgan fingerprint density at radius 1 is 1.00 bits per heavy atom. The lowest BCUT2D eigenvalue weighted by Crippen LogP contribution is -2.33. The van der Waals surface area contributed by atoms with Gasteiger partial charge in [0.1, 0.15) is 11.5 Å². The highest BCUT2D eigenvalue weighted by Gasteiger charge is 2.30. The van der Waals surface area contributed by atoms with Crippen LogP contribution in [0.2, 0.25) is 0 Å². The number of methoxy groups -OCH3 is 2. The summed E-state index contributed by atoms with van der Waals surface area (Å²) in [5, 5.41) is 0. The smallest absolute Gasteiger partial charge is 0.355 e. The number of nitrogens with zero attached hydrogens (tertiary/aromatic N) is 2. The maximum atomic E-state index is 14.9. The van der Waals surface area contributed by atoms with Crippen molar-refractivity contribution >= 4 is 23.3 Å². The minimum atomic E-state index is -0.717. The van der Waals surface area contributed by atoms with Gasteiger partial charge in [-0.3, -0.25) is 0 Å². The van der Waals surface area contributed by atoms with Crippen molar-refractivity contribution in [1.82, 2.24) is 0 Å². The predicted octanol–water partition coefficient (Wildman–Crippen LogP) is 3.31. The van der Waals surface area contributed by atoms with E-state index in [1.807, 2.05) is 4.90 Å². The molecule has 148 valence electrons. The van der Waals surface area contributed by atoms with Gasteiger partial charge >= 0.3 is 11.9 Å². The Labute approximate surface area is 163 Å². The van der Waals surface area contributed by atoms with Crippen LogP contribution in [0.3, 0.4) is 0 Å². The van der Waals surface area contributed by atoms with Crippen molar-refractivity contribution in [3.05, 3.63) is 59.7 Å². The van der Waals surface area contributed by atoms with Crippen LogP contribution in [-0.4, -0.2) is 39.2 Å². The highest BCUT2D eigenvalue weighted by Crippen LogP contribution is 2.37. The minimum Gasteiger partial charge on any atom is -0.465 e. The zero-order chi connectivity index (χ0) is 20.1. The monoisotopic (exact) mass is 386 g/mol. The van der Waals surface area contributed by atoms with Crippen molar-refractivity contribution in [2.45, 2.75) is 19.3 Å². The number of benzene rings is 1. The van der Waals surface area contributed by atoms with E-state index in [1.54, 1.807) is 30.5 Å². The van der Waals surface area contributed by atoms with Crippen LogP contribution in [0.25, 0.3) is 0 Å². The lowest BCUT2D eigenvalue weighted by molar-refractivity contribution is -0.139. The average Bonchev–Trinajstić information content (AvgIpc) is 2.96. The van der Waals surface area contributed by atoms with E-state index in [4.69, 9.17) is 9.47 Å². The van der Waals surface area contributed by atoms with Gasteiger partial charge in [0.05, 0.1) is 31.2 Å². The van der Waals surface area contributed by atoms with E-state index >= 15 is 0 Å². The molecule has 0 N–H and O–H groups in total. The summed E-state index contributed by atoms with van der Waals surface area (Å²) in [5.74, 6) is -1.78. The number of piperidine rings is 1. The van der Waals surface area contributed by atoms with E-state index in [1.165, 1.54) is 31.3 Å². The van der Waals surface area contributed by atoms with Crippen LogP contribution in [-0.2, 0) is 19.1 Å². The van der Waals surface area contributed by atoms with E-state index in [9.17, 15) is 14.0 Å². The van der Waals surface area contributed by atoms with Crippen molar-refractivity contribution in [2.75, 3.05) is 37.1 Å². The summed E-state index contributed by atoms with van der Waals surface area (Å²) >= 11 is 0. The molecule has 3 rings (SSSR count). The van der Waals surface area contributed by atoms with E-state index < -0.39 is 11.9 Å². The maximum Gasteiger partial charge on any atom is 0.355 e. The van der Waals surface area contributed by atoms with Gasteiger partial charge in [-0.2, -0.15) is 0 Å². The van der Waals surface area contributed by atoms with Crippen molar-refractivity contribution < 1.29 is 23.5 Å². The van der Waals surface area contributed by atoms with E-state index in [2.05, 4.69) is 0 Å². The predicted molar refractivity (Wildman–Crippen MR) is 104 cm³/mol. The third kappa shape index (κ3) is 3.78. The summed E-state index contributed by atoms with van der Waals surface area (Å²) in [4.78, 5) is 28.4. The molecule has 0 saturated carbocycles. The molecule has 0 atom stereocenters. The molecule has 0 aliphatic carbocycles. The minimum absolute atomic E-state index is 0.0248. The zero-order valence-corrected chi connectivity index (χ0v) is 16.0. The van der Waals surface area contributed by atoms with E-state index in [0.29, 0.717) is 11.4 Å². The molecule has 1 fully saturated rings. The highest BCUT2D eigenvalue weighted by molar-refractivity contribution is 6.06. The number of halogens is 1. The van der Waals surface area contributed by atoms with Gasteiger partial charge in [-0.15, -0.1) is 0 Å². The second-order valence-corrected chi connectivity index (χ2v) is 6.47.